The number of H-pyrrole nitrogens is 1. The van der Waals surface area contributed by atoms with E-state index in [9.17, 15) is 4.79 Å². The lowest BCUT2D eigenvalue weighted by Gasteiger charge is -2.20. The fraction of sp³-hybridized carbons (Fsp3) is 0.375. The lowest BCUT2D eigenvalue weighted by Crippen LogP contribution is -2.33. The molecule has 1 aromatic heterocycles. The van der Waals surface area contributed by atoms with E-state index in [1.54, 1.807) is 0 Å². The largest absolute Gasteiger partial charge is 0.352 e. The van der Waals surface area contributed by atoms with Gasteiger partial charge in [0.15, 0.2) is 0 Å². The van der Waals surface area contributed by atoms with Gasteiger partial charge in [-0.1, -0.05) is 30.3 Å². The molecule has 0 saturated carbocycles. The highest BCUT2D eigenvalue weighted by Gasteiger charge is 2.26. The average molecular weight is 269 g/mol. The first kappa shape index (κ1) is 12.9. The highest BCUT2D eigenvalue weighted by Crippen LogP contribution is 2.24. The maximum absolute atomic E-state index is 12.2. The van der Waals surface area contributed by atoms with Gasteiger partial charge in [-0.05, 0) is 25.3 Å². The van der Waals surface area contributed by atoms with Crippen molar-refractivity contribution in [2.45, 2.75) is 32.7 Å². The van der Waals surface area contributed by atoms with Crippen molar-refractivity contribution in [3.05, 3.63) is 53.1 Å². The van der Waals surface area contributed by atoms with Crippen LogP contribution in [-0.2, 0) is 24.2 Å². The standard InChI is InChI=1S/C16H19N3O/c1-11-18-14-8-7-13(9-15(14)19-11)16(20)17-10-12-5-3-2-4-6-12/h2-6,13H,7-10H2,1H3,(H,17,20)(H,18,19). The smallest absolute Gasteiger partial charge is 0.223 e. The van der Waals surface area contributed by atoms with E-state index in [0.29, 0.717) is 6.54 Å². The molecule has 1 heterocycles. The summed E-state index contributed by atoms with van der Waals surface area (Å²) >= 11 is 0. The summed E-state index contributed by atoms with van der Waals surface area (Å²) in [6.45, 7) is 2.56. The molecule has 1 atom stereocenters. The fourth-order valence-corrected chi connectivity index (χ4v) is 2.78. The van der Waals surface area contributed by atoms with Crippen LogP contribution in [0.1, 0.15) is 29.2 Å². The minimum absolute atomic E-state index is 0.0612. The first-order valence-electron chi connectivity index (χ1n) is 7.08. The molecule has 1 aromatic carbocycles. The van der Waals surface area contributed by atoms with Gasteiger partial charge in [0, 0.05) is 24.6 Å². The third-order valence-electron chi connectivity index (χ3n) is 3.84. The maximum atomic E-state index is 12.2. The van der Waals surface area contributed by atoms with Crippen LogP contribution in [0.4, 0.5) is 0 Å². The number of rotatable bonds is 3. The number of aryl methyl sites for hydroxylation is 2. The number of benzene rings is 1. The number of carbonyl (C=O) groups is 1. The van der Waals surface area contributed by atoms with Crippen LogP contribution in [0.5, 0.6) is 0 Å². The average Bonchev–Trinajstić information content (AvgIpc) is 2.85. The predicted octanol–water partition coefficient (Wildman–Crippen LogP) is 2.14. The Balaban J connectivity index is 1.59. The quantitative estimate of drug-likeness (QED) is 0.897. The first-order chi connectivity index (χ1) is 9.72. The molecule has 2 aromatic rings. The maximum Gasteiger partial charge on any atom is 0.223 e. The molecule has 4 heteroatoms. The summed E-state index contributed by atoms with van der Waals surface area (Å²) in [6.07, 6.45) is 2.55. The summed E-state index contributed by atoms with van der Waals surface area (Å²) in [5, 5.41) is 3.03. The number of aromatic amines is 1. The van der Waals surface area contributed by atoms with Crippen molar-refractivity contribution >= 4 is 5.91 Å². The zero-order chi connectivity index (χ0) is 13.9. The number of nitrogens with zero attached hydrogens (tertiary/aromatic N) is 1. The van der Waals surface area contributed by atoms with Gasteiger partial charge < -0.3 is 10.3 Å². The summed E-state index contributed by atoms with van der Waals surface area (Å²) in [5.41, 5.74) is 3.40. The van der Waals surface area contributed by atoms with Gasteiger partial charge in [0.25, 0.3) is 0 Å². The van der Waals surface area contributed by atoms with Gasteiger partial charge in [-0.3, -0.25) is 4.79 Å². The number of amides is 1. The molecule has 0 fully saturated rings. The molecule has 1 amide bonds. The van der Waals surface area contributed by atoms with Crippen LogP contribution in [0.2, 0.25) is 0 Å². The molecule has 0 spiro atoms. The topological polar surface area (TPSA) is 57.8 Å². The van der Waals surface area contributed by atoms with Gasteiger partial charge in [0.2, 0.25) is 5.91 Å². The number of hydrogen-bond donors (Lipinski definition) is 2. The van der Waals surface area contributed by atoms with Crippen molar-refractivity contribution in [1.29, 1.82) is 0 Å². The Kier molecular flexibility index (Phi) is 3.54. The van der Waals surface area contributed by atoms with Crippen molar-refractivity contribution < 1.29 is 4.79 Å². The molecule has 2 N–H and O–H groups in total. The van der Waals surface area contributed by atoms with Crippen LogP contribution < -0.4 is 5.32 Å². The minimum atomic E-state index is 0.0612. The van der Waals surface area contributed by atoms with Crippen molar-refractivity contribution in [1.82, 2.24) is 15.3 Å². The summed E-state index contributed by atoms with van der Waals surface area (Å²) in [4.78, 5) is 20.0. The van der Waals surface area contributed by atoms with Gasteiger partial charge in [0.1, 0.15) is 5.82 Å². The molecule has 0 radical (unpaired) electrons. The Hall–Kier alpha value is -2.10. The van der Waals surface area contributed by atoms with Crippen LogP contribution in [0.15, 0.2) is 30.3 Å². The van der Waals surface area contributed by atoms with Crippen LogP contribution >= 0.6 is 0 Å². The van der Waals surface area contributed by atoms with Gasteiger partial charge in [-0.25, -0.2) is 4.98 Å². The Labute approximate surface area is 118 Å². The highest BCUT2D eigenvalue weighted by atomic mass is 16.1. The van der Waals surface area contributed by atoms with Gasteiger partial charge in [0.05, 0.1) is 5.69 Å². The monoisotopic (exact) mass is 269 g/mol. The lowest BCUT2D eigenvalue weighted by atomic mass is 9.89. The first-order valence-corrected chi connectivity index (χ1v) is 7.08. The molecule has 3 rings (SSSR count). The number of hydrogen-bond acceptors (Lipinski definition) is 2. The Morgan fingerprint density at radius 3 is 3.00 bits per heavy atom. The minimum Gasteiger partial charge on any atom is -0.352 e. The molecule has 0 bridgehead atoms. The van der Waals surface area contributed by atoms with Crippen molar-refractivity contribution in [2.75, 3.05) is 0 Å². The van der Waals surface area contributed by atoms with E-state index in [1.807, 2.05) is 37.3 Å². The Morgan fingerprint density at radius 2 is 2.20 bits per heavy atom. The number of fused-ring (bicyclic) bond motifs is 1. The zero-order valence-corrected chi connectivity index (χ0v) is 11.6. The van der Waals surface area contributed by atoms with Crippen LogP contribution in [0.25, 0.3) is 0 Å². The number of nitrogens with one attached hydrogen (secondary N) is 2. The van der Waals surface area contributed by atoms with Gasteiger partial charge in [-0.15, -0.1) is 0 Å². The molecule has 1 unspecified atom stereocenters. The van der Waals surface area contributed by atoms with Crippen LogP contribution in [-0.4, -0.2) is 15.9 Å². The third kappa shape index (κ3) is 2.74. The second-order valence-electron chi connectivity index (χ2n) is 5.39. The molecule has 104 valence electrons. The Bertz CT molecular complexity index is 603. The van der Waals surface area contributed by atoms with Crippen molar-refractivity contribution in [2.24, 2.45) is 5.92 Å². The SMILES string of the molecule is Cc1nc2c([nH]1)CC(C(=O)NCc1ccccc1)CC2. The summed E-state index contributed by atoms with van der Waals surface area (Å²) in [7, 11) is 0. The van der Waals surface area contributed by atoms with E-state index in [4.69, 9.17) is 0 Å². The van der Waals surface area contributed by atoms with E-state index >= 15 is 0 Å². The van der Waals surface area contributed by atoms with E-state index in [2.05, 4.69) is 15.3 Å². The van der Waals surface area contributed by atoms with Gasteiger partial charge >= 0.3 is 0 Å². The molecule has 20 heavy (non-hydrogen) atoms. The molecule has 1 aliphatic carbocycles. The van der Waals surface area contributed by atoms with E-state index in [1.165, 1.54) is 0 Å². The fourth-order valence-electron chi connectivity index (χ4n) is 2.78. The normalized spacial score (nSPS) is 17.6. The number of imidazole rings is 1. The summed E-state index contributed by atoms with van der Waals surface area (Å²) in [5.74, 6) is 1.15. The molecule has 0 aliphatic heterocycles. The van der Waals surface area contributed by atoms with E-state index in [0.717, 1.165) is 42.0 Å². The second-order valence-corrected chi connectivity index (χ2v) is 5.39. The molecular formula is C16H19N3O. The summed E-state index contributed by atoms with van der Waals surface area (Å²) < 4.78 is 0. The summed E-state index contributed by atoms with van der Waals surface area (Å²) in [6, 6.07) is 10.0. The molecule has 4 nitrogen and oxygen atoms in total. The van der Waals surface area contributed by atoms with Crippen molar-refractivity contribution in [3.63, 3.8) is 0 Å². The zero-order valence-electron chi connectivity index (χ0n) is 11.6. The molecule has 1 aliphatic rings. The predicted molar refractivity (Wildman–Crippen MR) is 77.1 cm³/mol. The number of aromatic nitrogens is 2. The van der Waals surface area contributed by atoms with Gasteiger partial charge in [-0.2, -0.15) is 0 Å². The Morgan fingerprint density at radius 1 is 1.40 bits per heavy atom. The lowest BCUT2D eigenvalue weighted by molar-refractivity contribution is -0.125. The van der Waals surface area contributed by atoms with E-state index < -0.39 is 0 Å². The molecular weight excluding hydrogens is 250 g/mol. The highest BCUT2D eigenvalue weighted by molar-refractivity contribution is 5.79. The second kappa shape index (κ2) is 5.49. The van der Waals surface area contributed by atoms with E-state index in [-0.39, 0.29) is 11.8 Å². The van der Waals surface area contributed by atoms with Crippen LogP contribution in [0, 0.1) is 12.8 Å². The number of carbonyl (C=O) groups excluding carboxylic acids is 1. The van der Waals surface area contributed by atoms with Crippen LogP contribution in [0.3, 0.4) is 0 Å². The third-order valence-corrected chi connectivity index (χ3v) is 3.84. The van der Waals surface area contributed by atoms with Crippen molar-refractivity contribution in [3.8, 4) is 0 Å². The molecule has 0 saturated heterocycles.